The van der Waals surface area contributed by atoms with E-state index >= 15 is 0 Å². The maximum Gasteiger partial charge on any atom is 0.0936 e. The largest absolute Gasteiger partial charge is 0.345 e. The van der Waals surface area contributed by atoms with Crippen molar-refractivity contribution < 1.29 is 0 Å². The first kappa shape index (κ1) is 8.18. The molecule has 5 nitrogen and oxygen atoms in total. The standard InChI is InChI=1S/C8H11N5/c9-8(13-10)5-1-2-6-7(3-5)12-4-11-6/h1-4,8,13H,9-10H2,(H,11,12). The first-order chi connectivity index (χ1) is 6.31. The summed E-state index contributed by atoms with van der Waals surface area (Å²) in [5, 5.41) is 0. The van der Waals surface area contributed by atoms with Crippen LogP contribution in [0.25, 0.3) is 11.0 Å². The summed E-state index contributed by atoms with van der Waals surface area (Å²) in [6, 6.07) is 5.72. The van der Waals surface area contributed by atoms with Gasteiger partial charge in [0.1, 0.15) is 0 Å². The summed E-state index contributed by atoms with van der Waals surface area (Å²) in [7, 11) is 0. The Labute approximate surface area is 75.1 Å². The van der Waals surface area contributed by atoms with Crippen molar-refractivity contribution in [3.63, 3.8) is 0 Å². The van der Waals surface area contributed by atoms with Crippen LogP contribution in [0.5, 0.6) is 0 Å². The molecular formula is C8H11N5. The Bertz CT molecular complexity index is 408. The number of aromatic amines is 1. The molecule has 0 amide bonds. The lowest BCUT2D eigenvalue weighted by Crippen LogP contribution is -2.33. The van der Waals surface area contributed by atoms with Gasteiger partial charge in [0.05, 0.1) is 23.5 Å². The van der Waals surface area contributed by atoms with Crippen molar-refractivity contribution in [3.05, 3.63) is 30.1 Å². The highest BCUT2D eigenvalue weighted by Crippen LogP contribution is 2.14. The Morgan fingerprint density at radius 1 is 1.46 bits per heavy atom. The highest BCUT2D eigenvalue weighted by Gasteiger charge is 2.04. The minimum atomic E-state index is -0.340. The summed E-state index contributed by atoms with van der Waals surface area (Å²) < 4.78 is 0. The van der Waals surface area contributed by atoms with Crippen LogP contribution in [0.2, 0.25) is 0 Å². The zero-order chi connectivity index (χ0) is 9.26. The van der Waals surface area contributed by atoms with Crippen molar-refractivity contribution in [2.24, 2.45) is 11.6 Å². The summed E-state index contributed by atoms with van der Waals surface area (Å²) in [6.07, 6.45) is 1.31. The van der Waals surface area contributed by atoms with Crippen molar-refractivity contribution >= 4 is 11.0 Å². The number of benzene rings is 1. The highest BCUT2D eigenvalue weighted by molar-refractivity contribution is 5.75. The Balaban J connectivity index is 2.48. The van der Waals surface area contributed by atoms with E-state index in [0.29, 0.717) is 0 Å². The van der Waals surface area contributed by atoms with Gasteiger partial charge in [-0.2, -0.15) is 0 Å². The molecule has 0 aliphatic heterocycles. The maximum absolute atomic E-state index is 5.68. The third kappa shape index (κ3) is 1.40. The number of H-pyrrole nitrogens is 1. The molecule has 0 spiro atoms. The van der Waals surface area contributed by atoms with Crippen LogP contribution in [0.15, 0.2) is 24.5 Å². The van der Waals surface area contributed by atoms with E-state index in [9.17, 15) is 0 Å². The number of fused-ring (bicyclic) bond motifs is 1. The molecule has 68 valence electrons. The van der Waals surface area contributed by atoms with Crippen LogP contribution in [-0.4, -0.2) is 9.97 Å². The topological polar surface area (TPSA) is 92.8 Å². The molecular weight excluding hydrogens is 166 g/mol. The average Bonchev–Trinajstić information content (AvgIpc) is 2.63. The molecule has 0 aliphatic rings. The van der Waals surface area contributed by atoms with E-state index in [2.05, 4.69) is 15.4 Å². The average molecular weight is 177 g/mol. The Hall–Kier alpha value is -1.43. The van der Waals surface area contributed by atoms with Crippen molar-refractivity contribution in [2.75, 3.05) is 0 Å². The van der Waals surface area contributed by atoms with Crippen LogP contribution in [0, 0.1) is 0 Å². The third-order valence-electron chi connectivity index (χ3n) is 1.98. The number of imidazole rings is 1. The minimum Gasteiger partial charge on any atom is -0.345 e. The summed E-state index contributed by atoms with van der Waals surface area (Å²) in [5.74, 6) is 5.22. The number of nitrogens with two attached hydrogens (primary N) is 2. The van der Waals surface area contributed by atoms with Gasteiger partial charge in [0.25, 0.3) is 0 Å². The van der Waals surface area contributed by atoms with Gasteiger partial charge >= 0.3 is 0 Å². The predicted molar refractivity (Wildman–Crippen MR) is 50.3 cm³/mol. The fraction of sp³-hybridized carbons (Fsp3) is 0.125. The molecule has 6 N–H and O–H groups in total. The molecule has 5 heteroatoms. The van der Waals surface area contributed by atoms with Gasteiger partial charge in [-0.3, -0.25) is 5.84 Å². The summed E-state index contributed by atoms with van der Waals surface area (Å²) in [6.45, 7) is 0. The fourth-order valence-corrected chi connectivity index (χ4v) is 1.24. The molecule has 2 aromatic rings. The van der Waals surface area contributed by atoms with Gasteiger partial charge in [0.15, 0.2) is 0 Å². The summed E-state index contributed by atoms with van der Waals surface area (Å²) in [4.78, 5) is 7.10. The Morgan fingerprint density at radius 2 is 2.31 bits per heavy atom. The quantitative estimate of drug-likeness (QED) is 0.295. The van der Waals surface area contributed by atoms with E-state index < -0.39 is 0 Å². The molecule has 0 fully saturated rings. The van der Waals surface area contributed by atoms with Crippen molar-refractivity contribution in [2.45, 2.75) is 6.17 Å². The number of rotatable bonds is 2. The molecule has 0 radical (unpaired) electrons. The van der Waals surface area contributed by atoms with E-state index in [0.717, 1.165) is 16.6 Å². The monoisotopic (exact) mass is 177 g/mol. The molecule has 0 saturated carbocycles. The van der Waals surface area contributed by atoms with Crippen LogP contribution in [0.1, 0.15) is 11.7 Å². The number of nitrogens with one attached hydrogen (secondary N) is 2. The normalized spacial score (nSPS) is 13.4. The second-order valence-corrected chi connectivity index (χ2v) is 2.82. The van der Waals surface area contributed by atoms with E-state index in [1.165, 1.54) is 0 Å². The molecule has 1 atom stereocenters. The van der Waals surface area contributed by atoms with E-state index in [1.54, 1.807) is 6.33 Å². The van der Waals surface area contributed by atoms with Crippen molar-refractivity contribution in [3.8, 4) is 0 Å². The Morgan fingerprint density at radius 3 is 3.08 bits per heavy atom. The zero-order valence-corrected chi connectivity index (χ0v) is 6.99. The van der Waals surface area contributed by atoms with Crippen molar-refractivity contribution in [1.29, 1.82) is 0 Å². The molecule has 1 heterocycles. The number of aromatic nitrogens is 2. The molecule has 0 aliphatic carbocycles. The van der Waals surface area contributed by atoms with Crippen LogP contribution < -0.4 is 17.0 Å². The van der Waals surface area contributed by atoms with E-state index in [4.69, 9.17) is 11.6 Å². The fourth-order valence-electron chi connectivity index (χ4n) is 1.24. The molecule has 1 aromatic heterocycles. The van der Waals surface area contributed by atoms with Gasteiger partial charge in [-0.1, -0.05) is 6.07 Å². The first-order valence-corrected chi connectivity index (χ1v) is 3.96. The predicted octanol–water partition coefficient (Wildman–Crippen LogP) is -0.0165. The van der Waals surface area contributed by atoms with E-state index in [1.807, 2.05) is 18.2 Å². The lowest BCUT2D eigenvalue weighted by molar-refractivity contribution is 0.577. The summed E-state index contributed by atoms with van der Waals surface area (Å²) >= 11 is 0. The first-order valence-electron chi connectivity index (χ1n) is 3.96. The van der Waals surface area contributed by atoms with Gasteiger partial charge in [-0.15, -0.1) is 0 Å². The van der Waals surface area contributed by atoms with Gasteiger partial charge in [-0.05, 0) is 17.7 Å². The number of hydrazine groups is 1. The molecule has 1 unspecified atom stereocenters. The van der Waals surface area contributed by atoms with Crippen LogP contribution >= 0.6 is 0 Å². The smallest absolute Gasteiger partial charge is 0.0936 e. The molecule has 0 saturated heterocycles. The van der Waals surface area contributed by atoms with Crippen LogP contribution in [-0.2, 0) is 0 Å². The van der Waals surface area contributed by atoms with Gasteiger partial charge in [0.2, 0.25) is 0 Å². The minimum absolute atomic E-state index is 0.340. The van der Waals surface area contributed by atoms with Crippen LogP contribution in [0.4, 0.5) is 0 Å². The number of nitrogens with zero attached hydrogens (tertiary/aromatic N) is 1. The number of hydrogen-bond donors (Lipinski definition) is 4. The molecule has 1 aromatic carbocycles. The molecule has 0 bridgehead atoms. The maximum atomic E-state index is 5.68. The third-order valence-corrected chi connectivity index (χ3v) is 1.98. The zero-order valence-electron chi connectivity index (χ0n) is 6.99. The Kier molecular flexibility index (Phi) is 1.97. The molecule has 13 heavy (non-hydrogen) atoms. The lowest BCUT2D eigenvalue weighted by Gasteiger charge is -2.09. The second-order valence-electron chi connectivity index (χ2n) is 2.82. The van der Waals surface area contributed by atoms with Gasteiger partial charge in [0, 0.05) is 0 Å². The highest BCUT2D eigenvalue weighted by atomic mass is 15.3. The molecule has 2 rings (SSSR count). The number of hydrogen-bond acceptors (Lipinski definition) is 4. The summed E-state index contributed by atoms with van der Waals surface area (Å²) in [5.41, 5.74) is 11.0. The van der Waals surface area contributed by atoms with Gasteiger partial charge in [-0.25, -0.2) is 10.4 Å². The van der Waals surface area contributed by atoms with Crippen LogP contribution in [0.3, 0.4) is 0 Å². The SMILES string of the molecule is NNC(N)c1ccc2nc[nH]c2c1. The van der Waals surface area contributed by atoms with Gasteiger partial charge < -0.3 is 10.7 Å². The second kappa shape index (κ2) is 3.14. The van der Waals surface area contributed by atoms with E-state index in [-0.39, 0.29) is 6.17 Å². The lowest BCUT2D eigenvalue weighted by atomic mass is 10.1. The van der Waals surface area contributed by atoms with Crippen molar-refractivity contribution in [1.82, 2.24) is 15.4 Å².